The molecule has 0 bridgehead atoms. The largest absolute Gasteiger partial charge is 0.484 e. The topological polar surface area (TPSA) is 136 Å². The molecule has 3 aromatic carbocycles. The molecule has 1 fully saturated rings. The quantitative estimate of drug-likeness (QED) is 0.413. The molecule has 0 aliphatic heterocycles. The molecule has 3 aromatic rings. The Morgan fingerprint density at radius 2 is 1.68 bits per heavy atom. The molecule has 176 valence electrons. The summed E-state index contributed by atoms with van der Waals surface area (Å²) in [7, 11) is -4.12. The second-order valence-electron chi connectivity index (χ2n) is 8.00. The van der Waals surface area contributed by atoms with Crippen molar-refractivity contribution in [1.82, 2.24) is 4.72 Å². The monoisotopic (exact) mass is 500 g/mol. The molecule has 34 heavy (non-hydrogen) atoms. The lowest BCUT2D eigenvalue weighted by Gasteiger charge is -2.16. The van der Waals surface area contributed by atoms with Crippen molar-refractivity contribution in [1.29, 1.82) is 0 Å². The molecule has 1 amide bonds. The van der Waals surface area contributed by atoms with Crippen molar-refractivity contribution in [2.45, 2.75) is 22.8 Å². The minimum Gasteiger partial charge on any atom is -0.484 e. The third-order valence-corrected chi connectivity index (χ3v) is 7.42. The van der Waals surface area contributed by atoms with E-state index in [1.165, 1.54) is 12.1 Å². The van der Waals surface area contributed by atoms with Crippen LogP contribution in [0.2, 0.25) is 5.02 Å². The van der Waals surface area contributed by atoms with Crippen molar-refractivity contribution in [2.24, 2.45) is 5.73 Å². The number of carbonyl (C=O) groups is 2. The van der Waals surface area contributed by atoms with Gasteiger partial charge < -0.3 is 15.6 Å². The summed E-state index contributed by atoms with van der Waals surface area (Å²) in [6.45, 7) is -0.323. The molecular formula is C24H21ClN2O6S. The average molecular weight is 501 g/mol. The van der Waals surface area contributed by atoms with E-state index >= 15 is 0 Å². The third kappa shape index (κ3) is 4.91. The van der Waals surface area contributed by atoms with Crippen LogP contribution in [0.15, 0.2) is 77.7 Å². The van der Waals surface area contributed by atoms with Gasteiger partial charge in [-0.15, -0.1) is 0 Å². The van der Waals surface area contributed by atoms with Gasteiger partial charge >= 0.3 is 5.97 Å². The highest BCUT2D eigenvalue weighted by molar-refractivity contribution is 7.89. The Hall–Kier alpha value is -3.40. The lowest BCUT2D eigenvalue weighted by Crippen LogP contribution is -2.44. The molecule has 0 aromatic heterocycles. The Bertz CT molecular complexity index is 1340. The Morgan fingerprint density at radius 1 is 1.06 bits per heavy atom. The van der Waals surface area contributed by atoms with Crippen LogP contribution in [0, 0.1) is 0 Å². The van der Waals surface area contributed by atoms with E-state index in [-0.39, 0.29) is 17.9 Å². The molecular weight excluding hydrogens is 480 g/mol. The fourth-order valence-electron chi connectivity index (χ4n) is 3.80. The van der Waals surface area contributed by atoms with Crippen LogP contribution in [0.4, 0.5) is 0 Å². The van der Waals surface area contributed by atoms with Gasteiger partial charge in [0.2, 0.25) is 10.0 Å². The smallest absolute Gasteiger partial charge is 0.325 e. The number of rotatable bonds is 9. The highest BCUT2D eigenvalue weighted by Gasteiger charge is 2.63. The molecule has 8 nitrogen and oxygen atoms in total. The summed E-state index contributed by atoms with van der Waals surface area (Å²) < 4.78 is 33.7. The van der Waals surface area contributed by atoms with Crippen LogP contribution in [0.1, 0.15) is 17.9 Å². The van der Waals surface area contributed by atoms with E-state index < -0.39 is 33.4 Å². The van der Waals surface area contributed by atoms with Crippen LogP contribution in [0.5, 0.6) is 5.75 Å². The number of ether oxygens (including phenoxy) is 1. The lowest BCUT2D eigenvalue weighted by molar-refractivity contribution is -0.140. The molecule has 4 N–H and O–H groups in total. The van der Waals surface area contributed by atoms with Crippen molar-refractivity contribution in [3.05, 3.63) is 83.4 Å². The zero-order valence-electron chi connectivity index (χ0n) is 17.8. The summed E-state index contributed by atoms with van der Waals surface area (Å²) in [4.78, 5) is 23.0. The second-order valence-corrected chi connectivity index (χ2v) is 10.1. The Balaban J connectivity index is 1.54. The zero-order valence-corrected chi connectivity index (χ0v) is 19.3. The number of carbonyl (C=O) groups excluding carboxylic acids is 1. The first kappa shape index (κ1) is 23.7. The minimum atomic E-state index is -4.12. The summed E-state index contributed by atoms with van der Waals surface area (Å²) in [5.74, 6) is -2.19. The van der Waals surface area contributed by atoms with Gasteiger partial charge in [0.15, 0.2) is 6.61 Å². The van der Waals surface area contributed by atoms with Crippen LogP contribution in [0.25, 0.3) is 11.1 Å². The van der Waals surface area contributed by atoms with Crippen LogP contribution in [-0.4, -0.2) is 37.5 Å². The predicted octanol–water partition coefficient (Wildman–Crippen LogP) is 3.16. The number of primary amides is 1. The van der Waals surface area contributed by atoms with Gasteiger partial charge in [-0.2, -0.15) is 4.72 Å². The molecule has 1 aliphatic rings. The van der Waals surface area contributed by atoms with Crippen LogP contribution < -0.4 is 15.2 Å². The molecule has 2 atom stereocenters. The standard InChI is InChI=1S/C24H21ClN2O6S/c25-18-8-4-15(5-9-18)16-6-10-20(11-7-16)34(31,32)27-24(23(29)30)13-21(24)17-2-1-3-19(12-17)33-14-22(26)28/h1-12,21,27H,13-14H2,(H2,26,28)(H,29,30). The fraction of sp³-hybridized carbons (Fsp3) is 0.167. The third-order valence-electron chi connectivity index (χ3n) is 5.64. The van der Waals surface area contributed by atoms with Gasteiger partial charge in [0, 0.05) is 10.9 Å². The fourth-order valence-corrected chi connectivity index (χ4v) is 5.33. The number of nitrogens with one attached hydrogen (secondary N) is 1. The Labute approximate surface area is 201 Å². The molecule has 0 heterocycles. The highest BCUT2D eigenvalue weighted by atomic mass is 35.5. The Morgan fingerprint density at radius 3 is 2.26 bits per heavy atom. The van der Waals surface area contributed by atoms with Gasteiger partial charge in [0.1, 0.15) is 11.3 Å². The number of hydrogen-bond donors (Lipinski definition) is 3. The zero-order chi connectivity index (χ0) is 24.5. The average Bonchev–Trinajstić information content (AvgIpc) is 3.53. The van der Waals surface area contributed by atoms with Gasteiger partial charge in [-0.05, 0) is 59.5 Å². The molecule has 10 heteroatoms. The first-order valence-corrected chi connectivity index (χ1v) is 12.1. The van der Waals surface area contributed by atoms with Gasteiger partial charge in [0.25, 0.3) is 5.91 Å². The summed E-state index contributed by atoms with van der Waals surface area (Å²) in [5, 5.41) is 10.5. The number of halogens is 1. The highest BCUT2D eigenvalue weighted by Crippen LogP contribution is 2.53. The maximum atomic E-state index is 13.0. The predicted molar refractivity (Wildman–Crippen MR) is 126 cm³/mol. The number of sulfonamides is 1. The van der Waals surface area contributed by atoms with Crippen LogP contribution >= 0.6 is 11.6 Å². The van der Waals surface area contributed by atoms with E-state index in [0.717, 1.165) is 11.1 Å². The van der Waals surface area contributed by atoms with Crippen molar-refractivity contribution in [2.75, 3.05) is 6.61 Å². The van der Waals surface area contributed by atoms with E-state index in [2.05, 4.69) is 4.72 Å². The van der Waals surface area contributed by atoms with E-state index in [0.29, 0.717) is 16.3 Å². The molecule has 4 rings (SSSR count). The summed E-state index contributed by atoms with van der Waals surface area (Å²) in [6.07, 6.45) is 0.0731. The molecule has 0 radical (unpaired) electrons. The first-order valence-electron chi connectivity index (χ1n) is 10.3. The van der Waals surface area contributed by atoms with Crippen LogP contribution in [-0.2, 0) is 19.6 Å². The van der Waals surface area contributed by atoms with E-state index in [1.54, 1.807) is 48.5 Å². The summed E-state index contributed by atoms with van der Waals surface area (Å²) >= 11 is 5.91. The van der Waals surface area contributed by atoms with Gasteiger partial charge in [-0.1, -0.05) is 48.0 Å². The van der Waals surface area contributed by atoms with Crippen molar-refractivity contribution >= 4 is 33.5 Å². The number of carboxylic acids is 1. The molecule has 0 saturated heterocycles. The number of carboxylic acid groups (broad SMARTS) is 1. The number of aliphatic carboxylic acids is 1. The second kappa shape index (κ2) is 9.09. The van der Waals surface area contributed by atoms with E-state index in [4.69, 9.17) is 22.1 Å². The molecule has 1 aliphatic carbocycles. The molecule has 2 unspecified atom stereocenters. The van der Waals surface area contributed by atoms with Gasteiger partial charge in [0.05, 0.1) is 4.90 Å². The van der Waals surface area contributed by atoms with Gasteiger partial charge in [-0.25, -0.2) is 8.42 Å². The number of nitrogens with two attached hydrogens (primary N) is 1. The SMILES string of the molecule is NC(=O)COc1cccc(C2CC2(NS(=O)(=O)c2ccc(-c3ccc(Cl)cc3)cc2)C(=O)O)c1. The first-order chi connectivity index (χ1) is 16.1. The minimum absolute atomic E-state index is 0.0463. The number of hydrogen-bond acceptors (Lipinski definition) is 5. The molecule has 1 saturated carbocycles. The van der Waals surface area contributed by atoms with Crippen LogP contribution in [0.3, 0.4) is 0 Å². The summed E-state index contributed by atoms with van der Waals surface area (Å²) in [5.41, 5.74) is 5.63. The van der Waals surface area contributed by atoms with Crippen molar-refractivity contribution in [3.8, 4) is 16.9 Å². The van der Waals surface area contributed by atoms with Crippen molar-refractivity contribution < 1.29 is 27.9 Å². The summed E-state index contributed by atoms with van der Waals surface area (Å²) in [6, 6.07) is 19.8. The van der Waals surface area contributed by atoms with E-state index in [1.807, 2.05) is 12.1 Å². The molecule has 0 spiro atoms. The van der Waals surface area contributed by atoms with E-state index in [9.17, 15) is 23.1 Å². The maximum Gasteiger partial charge on any atom is 0.325 e. The number of amides is 1. The van der Waals surface area contributed by atoms with Crippen molar-refractivity contribution in [3.63, 3.8) is 0 Å². The number of benzene rings is 3. The van der Waals surface area contributed by atoms with Gasteiger partial charge in [-0.3, -0.25) is 9.59 Å². The lowest BCUT2D eigenvalue weighted by atomic mass is 10.1. The Kier molecular flexibility index (Phi) is 6.35. The normalized spacial score (nSPS) is 19.4. The maximum absolute atomic E-state index is 13.0.